The maximum absolute atomic E-state index is 12.8. The molecule has 2 heterocycles. The monoisotopic (exact) mass is 366 g/mol. The third-order valence-corrected chi connectivity index (χ3v) is 5.46. The molecule has 1 aliphatic rings. The lowest BCUT2D eigenvalue weighted by atomic mass is 9.94. The lowest BCUT2D eigenvalue weighted by Crippen LogP contribution is -2.42. The highest BCUT2D eigenvalue weighted by molar-refractivity contribution is 5.82. The highest BCUT2D eigenvalue weighted by Gasteiger charge is 2.28. The van der Waals surface area contributed by atoms with E-state index in [-0.39, 0.29) is 24.0 Å². The van der Waals surface area contributed by atoms with Crippen LogP contribution < -0.4 is 10.6 Å². The predicted octanol–water partition coefficient (Wildman–Crippen LogP) is 4.54. The minimum absolute atomic E-state index is 0.0270. The van der Waals surface area contributed by atoms with Crippen LogP contribution in [0, 0.1) is 12.8 Å². The Labute approximate surface area is 158 Å². The van der Waals surface area contributed by atoms with Crippen LogP contribution in [-0.4, -0.2) is 16.2 Å². The number of para-hydroxylation sites is 1. The van der Waals surface area contributed by atoms with E-state index in [0.717, 1.165) is 47.2 Å². The molecule has 0 saturated carbocycles. The Hall–Kier alpha value is -2.76. The molecule has 6 nitrogen and oxygen atoms in total. The second-order valence-corrected chi connectivity index (χ2v) is 7.68. The molecule has 3 aromatic rings. The topological polar surface area (TPSA) is 83.0 Å². The van der Waals surface area contributed by atoms with Crippen LogP contribution in [0.25, 0.3) is 11.0 Å². The van der Waals surface area contributed by atoms with Crippen molar-refractivity contribution in [2.75, 3.05) is 0 Å². The summed E-state index contributed by atoms with van der Waals surface area (Å²) < 4.78 is 6.10. The number of hydrogen-bond donors (Lipinski definition) is 3. The minimum Gasteiger partial charge on any atom is -0.459 e. The Kier molecular flexibility index (Phi) is 4.64. The Morgan fingerprint density at radius 2 is 2.15 bits per heavy atom. The van der Waals surface area contributed by atoms with E-state index in [2.05, 4.69) is 40.7 Å². The highest BCUT2D eigenvalue weighted by Crippen LogP contribution is 2.33. The van der Waals surface area contributed by atoms with E-state index in [1.165, 1.54) is 5.56 Å². The van der Waals surface area contributed by atoms with E-state index in [1.54, 1.807) is 0 Å². The number of fused-ring (bicyclic) bond motifs is 2. The summed E-state index contributed by atoms with van der Waals surface area (Å²) in [5, 5.41) is 14.5. The summed E-state index contributed by atoms with van der Waals surface area (Å²) in [6.07, 6.45) is 4.83. The summed E-state index contributed by atoms with van der Waals surface area (Å²) in [6.45, 7) is 6.23. The average Bonchev–Trinajstić information content (AvgIpc) is 3.25. The maximum atomic E-state index is 12.8. The van der Waals surface area contributed by atoms with E-state index in [1.807, 2.05) is 31.3 Å². The molecule has 3 N–H and O–H groups in total. The SMILES string of the molecule is Cc1c([C@@H](NC(=O)NC2CCCc3cn[nH]c32)C(C)C)oc2ccccc12. The molecule has 4 rings (SSSR count). The molecular formula is C21H26N4O2. The molecule has 1 unspecified atom stereocenters. The molecule has 27 heavy (non-hydrogen) atoms. The summed E-state index contributed by atoms with van der Waals surface area (Å²) in [7, 11) is 0. The van der Waals surface area contributed by atoms with Crippen LogP contribution in [0.1, 0.15) is 61.4 Å². The number of nitrogens with zero attached hydrogens (tertiary/aromatic N) is 1. The largest absolute Gasteiger partial charge is 0.459 e. The Morgan fingerprint density at radius 1 is 1.33 bits per heavy atom. The van der Waals surface area contributed by atoms with Crippen LogP contribution in [0.15, 0.2) is 34.9 Å². The number of benzene rings is 1. The van der Waals surface area contributed by atoms with Crippen LogP contribution in [-0.2, 0) is 6.42 Å². The van der Waals surface area contributed by atoms with E-state index in [4.69, 9.17) is 4.42 Å². The van der Waals surface area contributed by atoms with Gasteiger partial charge in [-0.15, -0.1) is 0 Å². The van der Waals surface area contributed by atoms with E-state index in [9.17, 15) is 4.79 Å². The first-order valence-electron chi connectivity index (χ1n) is 9.61. The van der Waals surface area contributed by atoms with Gasteiger partial charge in [0.25, 0.3) is 0 Å². The van der Waals surface area contributed by atoms with Gasteiger partial charge in [-0.3, -0.25) is 5.10 Å². The Bertz CT molecular complexity index is 956. The summed E-state index contributed by atoms with van der Waals surface area (Å²) in [5.41, 5.74) is 4.16. The van der Waals surface area contributed by atoms with Crippen LogP contribution in [0.3, 0.4) is 0 Å². The number of aryl methyl sites for hydroxylation is 2. The van der Waals surface area contributed by atoms with E-state index in [0.29, 0.717) is 0 Å². The fourth-order valence-corrected chi connectivity index (χ4v) is 3.97. The molecule has 1 aromatic carbocycles. The Morgan fingerprint density at radius 3 is 2.93 bits per heavy atom. The van der Waals surface area contributed by atoms with Crippen molar-refractivity contribution >= 4 is 17.0 Å². The van der Waals surface area contributed by atoms with Gasteiger partial charge in [-0.2, -0.15) is 5.10 Å². The van der Waals surface area contributed by atoms with Crippen molar-refractivity contribution in [1.29, 1.82) is 0 Å². The van der Waals surface area contributed by atoms with Gasteiger partial charge in [0.05, 0.1) is 24.0 Å². The lowest BCUT2D eigenvalue weighted by Gasteiger charge is -2.26. The number of urea groups is 1. The van der Waals surface area contributed by atoms with Crippen LogP contribution in [0.4, 0.5) is 4.79 Å². The van der Waals surface area contributed by atoms with Crippen molar-refractivity contribution in [3.8, 4) is 0 Å². The third kappa shape index (κ3) is 3.31. The van der Waals surface area contributed by atoms with Gasteiger partial charge in [-0.1, -0.05) is 32.0 Å². The van der Waals surface area contributed by atoms with Gasteiger partial charge in [0.1, 0.15) is 11.3 Å². The van der Waals surface area contributed by atoms with Gasteiger partial charge < -0.3 is 15.1 Å². The zero-order chi connectivity index (χ0) is 19.0. The summed E-state index contributed by atoms with van der Waals surface area (Å²) in [5.74, 6) is 1.02. The highest BCUT2D eigenvalue weighted by atomic mass is 16.3. The van der Waals surface area contributed by atoms with Crippen molar-refractivity contribution in [3.05, 3.63) is 53.0 Å². The number of hydrogen-bond acceptors (Lipinski definition) is 3. The van der Waals surface area contributed by atoms with Crippen LogP contribution >= 0.6 is 0 Å². The molecule has 2 atom stereocenters. The first-order chi connectivity index (χ1) is 13.0. The molecule has 2 amide bonds. The molecule has 142 valence electrons. The summed E-state index contributed by atoms with van der Waals surface area (Å²) in [4.78, 5) is 12.8. The van der Waals surface area contributed by atoms with Gasteiger partial charge in [-0.25, -0.2) is 4.79 Å². The first kappa shape index (κ1) is 17.6. The standard InChI is InChI=1S/C21H26N4O2/c1-12(2)18(20-13(3)15-8-4-5-10-17(15)27-20)24-21(26)23-16-9-6-7-14-11-22-25-19(14)16/h4-5,8,10-12,16,18H,6-7,9H2,1-3H3,(H,22,25)(H2,23,24,26)/t16?,18-/m0/s1. The first-order valence-corrected chi connectivity index (χ1v) is 9.61. The molecule has 0 bridgehead atoms. The number of carbonyl (C=O) groups is 1. The second kappa shape index (κ2) is 7.10. The number of aromatic nitrogens is 2. The third-order valence-electron chi connectivity index (χ3n) is 5.46. The normalized spacial score (nSPS) is 17.7. The number of rotatable bonds is 4. The van der Waals surface area contributed by atoms with Crippen molar-refractivity contribution in [1.82, 2.24) is 20.8 Å². The zero-order valence-corrected chi connectivity index (χ0v) is 16.0. The minimum atomic E-state index is -0.192. The maximum Gasteiger partial charge on any atom is 0.315 e. The lowest BCUT2D eigenvalue weighted by molar-refractivity contribution is 0.224. The average molecular weight is 366 g/mol. The van der Waals surface area contributed by atoms with Crippen LogP contribution in [0.2, 0.25) is 0 Å². The molecule has 0 aliphatic heterocycles. The van der Waals surface area contributed by atoms with E-state index >= 15 is 0 Å². The van der Waals surface area contributed by atoms with Crippen molar-refractivity contribution in [2.45, 2.75) is 52.1 Å². The number of carbonyl (C=O) groups excluding carboxylic acids is 1. The molecule has 1 aliphatic carbocycles. The molecular weight excluding hydrogens is 340 g/mol. The quantitative estimate of drug-likeness (QED) is 0.634. The van der Waals surface area contributed by atoms with Crippen molar-refractivity contribution < 1.29 is 9.21 Å². The molecule has 0 radical (unpaired) electrons. The zero-order valence-electron chi connectivity index (χ0n) is 16.0. The van der Waals surface area contributed by atoms with Gasteiger partial charge in [0.15, 0.2) is 0 Å². The summed E-state index contributed by atoms with van der Waals surface area (Å²) >= 11 is 0. The van der Waals surface area contributed by atoms with Gasteiger partial charge in [0.2, 0.25) is 0 Å². The van der Waals surface area contributed by atoms with Gasteiger partial charge in [-0.05, 0) is 43.7 Å². The van der Waals surface area contributed by atoms with Crippen molar-refractivity contribution in [2.24, 2.45) is 5.92 Å². The molecule has 0 spiro atoms. The van der Waals surface area contributed by atoms with Gasteiger partial charge in [0, 0.05) is 10.9 Å². The molecule has 0 saturated heterocycles. The molecule has 6 heteroatoms. The number of nitrogens with one attached hydrogen (secondary N) is 3. The van der Waals surface area contributed by atoms with E-state index < -0.39 is 0 Å². The van der Waals surface area contributed by atoms with Crippen LogP contribution in [0.5, 0.6) is 0 Å². The molecule has 2 aromatic heterocycles. The number of H-pyrrole nitrogens is 1. The number of furan rings is 1. The second-order valence-electron chi connectivity index (χ2n) is 7.68. The fourth-order valence-electron chi connectivity index (χ4n) is 3.97. The Balaban J connectivity index is 1.54. The number of aromatic amines is 1. The smallest absolute Gasteiger partial charge is 0.315 e. The number of amides is 2. The predicted molar refractivity (Wildman–Crippen MR) is 104 cm³/mol. The van der Waals surface area contributed by atoms with Gasteiger partial charge >= 0.3 is 6.03 Å². The van der Waals surface area contributed by atoms with Crippen molar-refractivity contribution in [3.63, 3.8) is 0 Å². The summed E-state index contributed by atoms with van der Waals surface area (Å²) in [6, 6.07) is 7.58. The fraction of sp³-hybridized carbons (Fsp3) is 0.429. The molecule has 0 fully saturated rings.